The molecule has 2 aliphatic heterocycles. The minimum absolute atomic E-state index is 0.462. The third kappa shape index (κ3) is 2.42. The van der Waals surface area contributed by atoms with Crippen molar-refractivity contribution in [3.63, 3.8) is 0 Å². The van der Waals surface area contributed by atoms with E-state index in [0.29, 0.717) is 13.0 Å². The van der Waals surface area contributed by atoms with Crippen LogP contribution in [0.25, 0.3) is 0 Å². The summed E-state index contributed by atoms with van der Waals surface area (Å²) in [6.45, 7) is 1.38. The Kier molecular flexibility index (Phi) is 4.14. The second kappa shape index (κ2) is 5.74. The van der Waals surface area contributed by atoms with E-state index in [1.54, 1.807) is 0 Å². The first kappa shape index (κ1) is 22.4. The molecule has 4 rings (SSSR count). The molecule has 2 nitrogen and oxygen atoms in total. The molecule has 1 spiro atoms. The van der Waals surface area contributed by atoms with Crippen LogP contribution in [0.5, 0.6) is 0 Å². The normalized spacial score (nSPS) is 27.4. The van der Waals surface area contributed by atoms with Crippen LogP contribution in [0.2, 0.25) is 0 Å². The van der Waals surface area contributed by atoms with Gasteiger partial charge in [-0.1, -0.05) is 0 Å². The number of alkyl halides is 9. The van der Waals surface area contributed by atoms with E-state index < -0.39 is 58.5 Å². The molecule has 2 aromatic carbocycles. The van der Waals surface area contributed by atoms with Crippen LogP contribution in [0.3, 0.4) is 0 Å². The van der Waals surface area contributed by atoms with E-state index in [4.69, 9.17) is 9.05 Å². The van der Waals surface area contributed by atoms with Gasteiger partial charge in [0.2, 0.25) is 0 Å². The number of hydrogen-bond acceptors (Lipinski definition) is 2. The van der Waals surface area contributed by atoms with Gasteiger partial charge in [0.15, 0.2) is 0 Å². The molecule has 12 heteroatoms. The van der Waals surface area contributed by atoms with Crippen LogP contribution >= 0.6 is 7.06 Å². The fourth-order valence-corrected chi connectivity index (χ4v) is 9.77. The zero-order valence-corrected chi connectivity index (χ0v) is 16.7. The van der Waals surface area contributed by atoms with E-state index in [1.165, 1.54) is 12.1 Å². The topological polar surface area (TPSA) is 18.5 Å². The standard InChI is InChI=1S/C19H14F9O2P/c1-15(17(20,21)22)11-7-3-5-9-13(11)31(2,29-15)14-10-6-4-8-12(14)16(30-31,18(23,24)25)19(26,27)28/h3-10H,1-2H3. The van der Waals surface area contributed by atoms with Crippen molar-refractivity contribution in [1.29, 1.82) is 0 Å². The Morgan fingerprint density at radius 3 is 1.52 bits per heavy atom. The van der Waals surface area contributed by atoms with Crippen LogP contribution in [0.1, 0.15) is 18.1 Å². The van der Waals surface area contributed by atoms with Crippen LogP contribution in [-0.4, -0.2) is 25.2 Å². The van der Waals surface area contributed by atoms with Crippen molar-refractivity contribution >= 4 is 17.7 Å². The Morgan fingerprint density at radius 2 is 1.06 bits per heavy atom. The summed E-state index contributed by atoms with van der Waals surface area (Å²) in [4.78, 5) is 0. The molecule has 0 bridgehead atoms. The summed E-state index contributed by atoms with van der Waals surface area (Å²) in [6, 6.07) is 7.97. The second-order valence-corrected chi connectivity index (χ2v) is 11.8. The number of halogens is 9. The predicted molar refractivity (Wildman–Crippen MR) is 94.4 cm³/mol. The summed E-state index contributed by atoms with van der Waals surface area (Å²) in [5, 5.41) is -1.14. The molecule has 0 saturated heterocycles. The number of rotatable bonds is 0. The van der Waals surface area contributed by atoms with Crippen molar-refractivity contribution in [2.75, 3.05) is 6.66 Å². The summed E-state index contributed by atoms with van der Waals surface area (Å²) in [7, 11) is -5.59. The van der Waals surface area contributed by atoms with Gasteiger partial charge in [0.05, 0.1) is 0 Å². The van der Waals surface area contributed by atoms with Gasteiger partial charge < -0.3 is 0 Å². The van der Waals surface area contributed by atoms with Gasteiger partial charge >= 0.3 is 169 Å². The van der Waals surface area contributed by atoms with Gasteiger partial charge in [-0.25, -0.2) is 0 Å². The summed E-state index contributed by atoms with van der Waals surface area (Å²) < 4.78 is 137. The summed E-state index contributed by atoms with van der Waals surface area (Å²) in [5.41, 5.74) is -9.95. The average Bonchev–Trinajstić information content (AvgIpc) is 3.01. The number of hydrogen-bond donors (Lipinski definition) is 0. The van der Waals surface area contributed by atoms with E-state index >= 15 is 0 Å². The molecule has 0 aliphatic carbocycles. The van der Waals surface area contributed by atoms with Gasteiger partial charge in [-0.3, -0.25) is 0 Å². The second-order valence-electron chi connectivity index (χ2n) is 7.79. The number of fused-ring (bicyclic) bond motifs is 4. The van der Waals surface area contributed by atoms with E-state index in [2.05, 4.69) is 0 Å². The molecule has 2 heterocycles. The minimum atomic E-state index is -6.03. The van der Waals surface area contributed by atoms with Gasteiger partial charge in [0.25, 0.3) is 0 Å². The zero-order chi connectivity index (χ0) is 23.3. The fourth-order valence-electron chi connectivity index (χ4n) is 4.54. The Hall–Kier alpha value is -1.84. The fraction of sp³-hybridized carbons (Fsp3) is 0.368. The van der Waals surface area contributed by atoms with E-state index in [-0.39, 0.29) is 0 Å². The van der Waals surface area contributed by atoms with Crippen LogP contribution in [-0.2, 0) is 20.2 Å². The maximum atomic E-state index is 14.1. The van der Waals surface area contributed by atoms with Crippen LogP contribution in [0.4, 0.5) is 39.5 Å². The van der Waals surface area contributed by atoms with Crippen LogP contribution in [0, 0.1) is 0 Å². The van der Waals surface area contributed by atoms with E-state index in [1.807, 2.05) is 0 Å². The van der Waals surface area contributed by atoms with E-state index in [0.717, 1.165) is 37.0 Å². The van der Waals surface area contributed by atoms with Gasteiger partial charge in [-0.2, -0.15) is 0 Å². The Bertz CT molecular complexity index is 1060. The van der Waals surface area contributed by atoms with Crippen LogP contribution in [0.15, 0.2) is 48.5 Å². The van der Waals surface area contributed by atoms with Crippen molar-refractivity contribution in [2.45, 2.75) is 36.7 Å². The molecule has 1 atom stereocenters. The first-order valence-electron chi connectivity index (χ1n) is 8.77. The van der Waals surface area contributed by atoms with Crippen molar-refractivity contribution in [3.8, 4) is 0 Å². The molecule has 0 saturated carbocycles. The molecule has 0 amide bonds. The van der Waals surface area contributed by atoms with Crippen LogP contribution < -0.4 is 10.6 Å². The Morgan fingerprint density at radius 1 is 0.645 bits per heavy atom. The molecule has 0 fully saturated rings. The van der Waals surface area contributed by atoms with Crippen molar-refractivity contribution in [2.24, 2.45) is 0 Å². The predicted octanol–water partition coefficient (Wildman–Crippen LogP) is 5.81. The SMILES string of the molecule is CC1(C(F)(F)F)OP2(C)(OC(C(F)(F)F)(C(F)(F)F)c3ccccc32)c2ccccc21. The quantitative estimate of drug-likeness (QED) is 0.353. The van der Waals surface area contributed by atoms with Gasteiger partial charge in [-0.05, 0) is 0 Å². The van der Waals surface area contributed by atoms with Gasteiger partial charge in [-0.15, -0.1) is 0 Å². The molecule has 1 unspecified atom stereocenters. The number of benzene rings is 2. The third-order valence-corrected chi connectivity index (χ3v) is 10.4. The van der Waals surface area contributed by atoms with Crippen molar-refractivity contribution in [3.05, 3.63) is 59.7 Å². The molecule has 31 heavy (non-hydrogen) atoms. The first-order chi connectivity index (χ1) is 13.9. The molecular formula is C19H14F9O2P. The van der Waals surface area contributed by atoms with Crippen molar-refractivity contribution < 1.29 is 48.6 Å². The van der Waals surface area contributed by atoms with Gasteiger partial charge in [0, 0.05) is 0 Å². The summed E-state index contributed by atoms with van der Waals surface area (Å²) in [5.74, 6) is 0. The molecule has 0 N–H and O–H groups in total. The molecule has 2 aromatic rings. The zero-order valence-electron chi connectivity index (χ0n) is 15.8. The molecule has 0 aromatic heterocycles. The summed E-state index contributed by atoms with van der Waals surface area (Å²) in [6.07, 6.45) is -17.2. The van der Waals surface area contributed by atoms with E-state index in [9.17, 15) is 39.5 Å². The molecule has 0 radical (unpaired) electrons. The monoisotopic (exact) mass is 476 g/mol. The Labute approximate surface area is 170 Å². The van der Waals surface area contributed by atoms with Crippen molar-refractivity contribution in [1.82, 2.24) is 0 Å². The average molecular weight is 476 g/mol. The molecule has 2 aliphatic rings. The molecular weight excluding hydrogens is 462 g/mol. The summed E-state index contributed by atoms with van der Waals surface area (Å²) >= 11 is 0. The Balaban J connectivity index is 2.17. The first-order valence-corrected chi connectivity index (χ1v) is 11.3. The van der Waals surface area contributed by atoms with Gasteiger partial charge in [0.1, 0.15) is 0 Å². The maximum absolute atomic E-state index is 14.1. The molecule has 170 valence electrons. The third-order valence-electron chi connectivity index (χ3n) is 5.92.